The maximum Gasteiger partial charge on any atom is 0.240 e. The molecule has 1 fully saturated rings. The van der Waals surface area contributed by atoms with Crippen LogP contribution in [-0.2, 0) is 20.4 Å². The first-order chi connectivity index (χ1) is 11.1. The van der Waals surface area contributed by atoms with Crippen molar-refractivity contribution >= 4 is 38.9 Å². The Morgan fingerprint density at radius 1 is 1.21 bits per heavy atom. The highest BCUT2D eigenvalue weighted by molar-refractivity contribution is 7.92. The number of sulfone groups is 1. The molecule has 2 rings (SSSR count). The van der Waals surface area contributed by atoms with Gasteiger partial charge in [0, 0.05) is 13.1 Å². The molecule has 7 heteroatoms. The Morgan fingerprint density at radius 2 is 1.79 bits per heavy atom. The molecule has 3 atom stereocenters. The number of benzene rings is 1. The van der Waals surface area contributed by atoms with Gasteiger partial charge in [-0.15, -0.1) is 0 Å². The van der Waals surface area contributed by atoms with E-state index < -0.39 is 15.1 Å². The molecule has 0 spiro atoms. The minimum absolute atomic E-state index is 0.226. The molecule has 1 saturated heterocycles. The van der Waals surface area contributed by atoms with E-state index in [1.165, 1.54) is 13.0 Å². The van der Waals surface area contributed by atoms with Gasteiger partial charge in [-0.25, -0.2) is 8.42 Å². The molecule has 0 bridgehead atoms. The van der Waals surface area contributed by atoms with Crippen molar-refractivity contribution < 1.29 is 13.2 Å². The smallest absolute Gasteiger partial charge is 0.240 e. The molecule has 1 aromatic carbocycles. The van der Waals surface area contributed by atoms with E-state index in [1.54, 1.807) is 17.0 Å². The van der Waals surface area contributed by atoms with E-state index in [1.807, 2.05) is 0 Å². The van der Waals surface area contributed by atoms with E-state index in [-0.39, 0.29) is 11.7 Å². The van der Waals surface area contributed by atoms with Gasteiger partial charge < -0.3 is 4.90 Å². The summed E-state index contributed by atoms with van der Waals surface area (Å²) in [7, 11) is -3.62. The van der Waals surface area contributed by atoms with Crippen molar-refractivity contribution in [3.63, 3.8) is 0 Å². The third kappa shape index (κ3) is 4.64. The molecular weight excluding hydrogens is 369 g/mol. The number of carbonyl (C=O) groups is 1. The monoisotopic (exact) mass is 391 g/mol. The van der Waals surface area contributed by atoms with E-state index >= 15 is 0 Å². The minimum Gasteiger partial charge on any atom is -0.341 e. The van der Waals surface area contributed by atoms with Crippen LogP contribution in [0.15, 0.2) is 18.2 Å². The van der Waals surface area contributed by atoms with E-state index in [9.17, 15) is 13.2 Å². The standard InChI is InChI=1S/C17H23Cl2NO3S/c1-11-6-12(2)9-20(8-11)17(21)13(3)24(22,23)10-14-4-5-15(18)16(19)7-14/h4-5,7,11-13H,6,8-10H2,1-3H3/t11-,12+,13-/m1/s1. The molecule has 134 valence electrons. The second kappa shape index (κ2) is 7.63. The molecule has 1 amide bonds. The molecule has 0 saturated carbocycles. The highest BCUT2D eigenvalue weighted by Crippen LogP contribution is 2.26. The molecule has 1 aliphatic heterocycles. The zero-order valence-electron chi connectivity index (χ0n) is 14.1. The van der Waals surface area contributed by atoms with Gasteiger partial charge in [-0.3, -0.25) is 4.79 Å². The lowest BCUT2D eigenvalue weighted by Gasteiger charge is -2.36. The number of hydrogen-bond acceptors (Lipinski definition) is 3. The molecule has 0 radical (unpaired) electrons. The zero-order valence-corrected chi connectivity index (χ0v) is 16.5. The van der Waals surface area contributed by atoms with Crippen molar-refractivity contribution in [3.05, 3.63) is 33.8 Å². The summed E-state index contributed by atoms with van der Waals surface area (Å²) in [5.41, 5.74) is 0.532. The predicted molar refractivity (Wildman–Crippen MR) is 98.1 cm³/mol. The SMILES string of the molecule is C[C@@H]1C[C@H](C)CN(C(=O)[C@@H](C)S(=O)(=O)Cc2ccc(Cl)c(Cl)c2)C1. The van der Waals surface area contributed by atoms with Gasteiger partial charge in [0.05, 0.1) is 15.8 Å². The van der Waals surface area contributed by atoms with Gasteiger partial charge in [-0.05, 0) is 42.9 Å². The van der Waals surface area contributed by atoms with Crippen molar-refractivity contribution in [1.82, 2.24) is 4.90 Å². The van der Waals surface area contributed by atoms with Crippen LogP contribution in [0.3, 0.4) is 0 Å². The molecule has 0 aromatic heterocycles. The Labute approximate surface area is 154 Å². The predicted octanol–water partition coefficient (Wildman–Crippen LogP) is 3.80. The van der Waals surface area contributed by atoms with Gasteiger partial charge in [0.15, 0.2) is 9.84 Å². The molecule has 0 unspecified atom stereocenters. The fraction of sp³-hybridized carbons (Fsp3) is 0.588. The molecule has 4 nitrogen and oxygen atoms in total. The summed E-state index contributed by atoms with van der Waals surface area (Å²) >= 11 is 11.8. The van der Waals surface area contributed by atoms with Crippen LogP contribution in [-0.4, -0.2) is 37.6 Å². The first-order valence-electron chi connectivity index (χ1n) is 8.04. The second-order valence-corrected chi connectivity index (χ2v) is 10.0. The van der Waals surface area contributed by atoms with Crippen LogP contribution in [0.2, 0.25) is 10.0 Å². The van der Waals surface area contributed by atoms with Gasteiger partial charge in [0.25, 0.3) is 0 Å². The first-order valence-corrected chi connectivity index (χ1v) is 10.5. The number of rotatable bonds is 4. The fourth-order valence-corrected chi connectivity index (χ4v) is 4.91. The summed E-state index contributed by atoms with van der Waals surface area (Å²) in [4.78, 5) is 14.3. The fourth-order valence-electron chi connectivity index (χ4n) is 3.24. The lowest BCUT2D eigenvalue weighted by Crippen LogP contribution is -2.48. The Morgan fingerprint density at radius 3 is 2.33 bits per heavy atom. The van der Waals surface area contributed by atoms with E-state index in [4.69, 9.17) is 23.2 Å². The number of carbonyl (C=O) groups excluding carboxylic acids is 1. The average molecular weight is 392 g/mol. The van der Waals surface area contributed by atoms with Crippen molar-refractivity contribution in [2.24, 2.45) is 11.8 Å². The van der Waals surface area contributed by atoms with Crippen LogP contribution < -0.4 is 0 Å². The number of piperidine rings is 1. The van der Waals surface area contributed by atoms with E-state index in [0.29, 0.717) is 40.5 Å². The Balaban J connectivity index is 2.12. The highest BCUT2D eigenvalue weighted by atomic mass is 35.5. The van der Waals surface area contributed by atoms with Crippen molar-refractivity contribution in [2.75, 3.05) is 13.1 Å². The number of hydrogen-bond donors (Lipinski definition) is 0. The third-order valence-electron chi connectivity index (χ3n) is 4.42. The summed E-state index contributed by atoms with van der Waals surface area (Å²) < 4.78 is 25.2. The van der Waals surface area contributed by atoms with Crippen molar-refractivity contribution in [2.45, 2.75) is 38.2 Å². The first kappa shape index (κ1) is 19.5. The minimum atomic E-state index is -3.62. The topological polar surface area (TPSA) is 54.5 Å². The van der Waals surface area contributed by atoms with E-state index in [2.05, 4.69) is 13.8 Å². The number of amides is 1. The van der Waals surface area contributed by atoms with Gasteiger partial charge in [-0.1, -0.05) is 43.1 Å². The largest absolute Gasteiger partial charge is 0.341 e. The normalized spacial score (nSPS) is 23.1. The molecule has 0 aliphatic carbocycles. The Bertz CT molecular complexity index is 711. The Kier molecular flexibility index (Phi) is 6.21. The molecule has 24 heavy (non-hydrogen) atoms. The van der Waals surface area contributed by atoms with Gasteiger partial charge in [0.2, 0.25) is 5.91 Å². The van der Waals surface area contributed by atoms with Crippen LogP contribution in [0.25, 0.3) is 0 Å². The Hall–Kier alpha value is -0.780. The molecular formula is C17H23Cl2NO3S. The van der Waals surface area contributed by atoms with Gasteiger partial charge >= 0.3 is 0 Å². The van der Waals surface area contributed by atoms with Crippen LogP contribution in [0, 0.1) is 11.8 Å². The summed E-state index contributed by atoms with van der Waals surface area (Å²) in [5, 5.41) is -0.385. The number of nitrogens with zero attached hydrogens (tertiary/aromatic N) is 1. The van der Waals surface area contributed by atoms with Crippen molar-refractivity contribution in [1.29, 1.82) is 0 Å². The average Bonchev–Trinajstić information content (AvgIpc) is 2.48. The maximum atomic E-state index is 12.6. The lowest BCUT2D eigenvalue weighted by molar-refractivity contribution is -0.133. The van der Waals surface area contributed by atoms with Crippen LogP contribution in [0.4, 0.5) is 0 Å². The third-order valence-corrected chi connectivity index (χ3v) is 7.17. The summed E-state index contributed by atoms with van der Waals surface area (Å²) in [6.45, 7) is 6.89. The maximum absolute atomic E-state index is 12.6. The number of halogens is 2. The molecule has 1 heterocycles. The second-order valence-electron chi connectivity index (χ2n) is 6.89. The van der Waals surface area contributed by atoms with Crippen LogP contribution in [0.1, 0.15) is 32.8 Å². The summed E-state index contributed by atoms with van der Waals surface area (Å²) in [6.07, 6.45) is 1.06. The summed E-state index contributed by atoms with van der Waals surface area (Å²) in [5.74, 6) is 0.245. The molecule has 0 N–H and O–H groups in total. The molecule has 1 aromatic rings. The quantitative estimate of drug-likeness (QED) is 0.783. The van der Waals surface area contributed by atoms with E-state index in [0.717, 1.165) is 6.42 Å². The van der Waals surface area contributed by atoms with Gasteiger partial charge in [-0.2, -0.15) is 0 Å². The van der Waals surface area contributed by atoms with Crippen LogP contribution in [0.5, 0.6) is 0 Å². The highest BCUT2D eigenvalue weighted by Gasteiger charge is 2.34. The zero-order chi connectivity index (χ0) is 18.1. The van der Waals surface area contributed by atoms with Crippen molar-refractivity contribution in [3.8, 4) is 0 Å². The lowest BCUT2D eigenvalue weighted by atomic mass is 9.92. The van der Waals surface area contributed by atoms with Crippen LogP contribution >= 0.6 is 23.2 Å². The van der Waals surface area contributed by atoms with Gasteiger partial charge in [0.1, 0.15) is 5.25 Å². The number of likely N-dealkylation sites (tertiary alicyclic amines) is 1. The summed E-state index contributed by atoms with van der Waals surface area (Å²) in [6, 6.07) is 4.72. The molecule has 1 aliphatic rings.